The highest BCUT2D eigenvalue weighted by Crippen LogP contribution is 2.36. The second-order valence-corrected chi connectivity index (χ2v) is 8.63. The van der Waals surface area contributed by atoms with Crippen molar-refractivity contribution in [3.05, 3.63) is 42.0 Å². The van der Waals surface area contributed by atoms with Crippen molar-refractivity contribution < 1.29 is 27.4 Å². The van der Waals surface area contributed by atoms with Crippen LogP contribution in [0.15, 0.2) is 36.4 Å². The van der Waals surface area contributed by atoms with Gasteiger partial charge in [-0.1, -0.05) is 6.07 Å². The lowest BCUT2D eigenvalue weighted by Gasteiger charge is -2.22. The SMILES string of the molecule is COc1ccc(C)cc1NC(=O)CCCN(c1ccc2c(c1)OCO2)S(C)(=O)=O. The van der Waals surface area contributed by atoms with E-state index in [0.717, 1.165) is 11.8 Å². The molecular weight excluding hydrogens is 396 g/mol. The molecule has 0 saturated heterocycles. The third kappa shape index (κ3) is 5.11. The Labute approximate surface area is 170 Å². The van der Waals surface area contributed by atoms with Gasteiger partial charge in [0, 0.05) is 19.0 Å². The van der Waals surface area contributed by atoms with Crippen LogP contribution in [-0.2, 0) is 14.8 Å². The summed E-state index contributed by atoms with van der Waals surface area (Å²) in [6, 6.07) is 10.5. The van der Waals surface area contributed by atoms with Gasteiger partial charge in [-0.15, -0.1) is 0 Å². The number of amides is 1. The highest BCUT2D eigenvalue weighted by atomic mass is 32.2. The quantitative estimate of drug-likeness (QED) is 0.706. The maximum absolute atomic E-state index is 12.3. The van der Waals surface area contributed by atoms with E-state index in [1.807, 2.05) is 19.1 Å². The Morgan fingerprint density at radius 2 is 1.93 bits per heavy atom. The monoisotopic (exact) mass is 420 g/mol. The van der Waals surface area contributed by atoms with E-state index < -0.39 is 10.0 Å². The van der Waals surface area contributed by atoms with E-state index in [2.05, 4.69) is 5.32 Å². The number of carbonyl (C=O) groups excluding carboxylic acids is 1. The van der Waals surface area contributed by atoms with Crippen molar-refractivity contribution in [1.29, 1.82) is 0 Å². The van der Waals surface area contributed by atoms with Gasteiger partial charge >= 0.3 is 0 Å². The molecule has 156 valence electrons. The molecule has 2 aromatic carbocycles. The van der Waals surface area contributed by atoms with E-state index in [-0.39, 0.29) is 25.7 Å². The Morgan fingerprint density at radius 1 is 1.17 bits per heavy atom. The van der Waals surface area contributed by atoms with Crippen molar-refractivity contribution in [2.24, 2.45) is 0 Å². The Balaban J connectivity index is 1.64. The Morgan fingerprint density at radius 3 is 2.66 bits per heavy atom. The summed E-state index contributed by atoms with van der Waals surface area (Å²) in [7, 11) is -1.99. The van der Waals surface area contributed by atoms with Crippen LogP contribution >= 0.6 is 0 Å². The van der Waals surface area contributed by atoms with Crippen LogP contribution in [0, 0.1) is 6.92 Å². The minimum atomic E-state index is -3.52. The number of hydrogen-bond donors (Lipinski definition) is 1. The van der Waals surface area contributed by atoms with E-state index in [0.29, 0.717) is 35.0 Å². The first kappa shape index (κ1) is 20.8. The number of nitrogens with zero attached hydrogens (tertiary/aromatic N) is 1. The van der Waals surface area contributed by atoms with Crippen LogP contribution in [0.2, 0.25) is 0 Å². The van der Waals surface area contributed by atoms with E-state index in [4.69, 9.17) is 14.2 Å². The van der Waals surface area contributed by atoms with E-state index in [1.165, 1.54) is 11.4 Å². The molecule has 1 N–H and O–H groups in total. The second-order valence-electron chi connectivity index (χ2n) is 6.73. The van der Waals surface area contributed by atoms with Crippen LogP contribution in [0.3, 0.4) is 0 Å². The molecule has 0 aromatic heterocycles. The van der Waals surface area contributed by atoms with Gasteiger partial charge in [-0.05, 0) is 43.2 Å². The molecule has 29 heavy (non-hydrogen) atoms. The highest BCUT2D eigenvalue weighted by molar-refractivity contribution is 7.92. The molecule has 1 heterocycles. The topological polar surface area (TPSA) is 94.2 Å². The van der Waals surface area contributed by atoms with E-state index in [1.54, 1.807) is 24.3 Å². The molecule has 3 rings (SSSR count). The summed E-state index contributed by atoms with van der Waals surface area (Å²) in [5.41, 5.74) is 2.05. The molecule has 0 saturated carbocycles. The number of ether oxygens (including phenoxy) is 3. The number of benzene rings is 2. The average Bonchev–Trinajstić information content (AvgIpc) is 3.12. The van der Waals surface area contributed by atoms with E-state index in [9.17, 15) is 13.2 Å². The Kier molecular flexibility index (Phi) is 6.17. The van der Waals surface area contributed by atoms with Gasteiger partial charge in [0.05, 0.1) is 24.7 Å². The van der Waals surface area contributed by atoms with Crippen LogP contribution in [0.5, 0.6) is 17.2 Å². The second kappa shape index (κ2) is 8.60. The molecule has 2 aromatic rings. The number of nitrogens with one attached hydrogen (secondary N) is 1. The largest absolute Gasteiger partial charge is 0.495 e. The fourth-order valence-corrected chi connectivity index (χ4v) is 4.00. The number of fused-ring (bicyclic) bond motifs is 1. The van der Waals surface area contributed by atoms with Gasteiger partial charge in [0.15, 0.2) is 11.5 Å². The molecule has 0 fully saturated rings. The third-order valence-corrected chi connectivity index (χ3v) is 5.63. The summed E-state index contributed by atoms with van der Waals surface area (Å²) in [4.78, 5) is 12.3. The van der Waals surface area contributed by atoms with Crippen molar-refractivity contribution in [2.45, 2.75) is 19.8 Å². The Bertz CT molecular complexity index is 1010. The third-order valence-electron chi connectivity index (χ3n) is 4.44. The lowest BCUT2D eigenvalue weighted by atomic mass is 10.2. The summed E-state index contributed by atoms with van der Waals surface area (Å²) in [5, 5.41) is 2.82. The first-order chi connectivity index (χ1) is 13.8. The molecule has 0 bridgehead atoms. The van der Waals surface area contributed by atoms with Crippen molar-refractivity contribution in [1.82, 2.24) is 0 Å². The number of hydrogen-bond acceptors (Lipinski definition) is 6. The maximum atomic E-state index is 12.3. The number of rotatable bonds is 8. The number of methoxy groups -OCH3 is 1. The summed E-state index contributed by atoms with van der Waals surface area (Å²) in [6.45, 7) is 2.20. The standard InChI is InChI=1S/C20H24N2O6S/c1-14-6-8-17(26-2)16(11-14)21-20(23)5-4-10-22(29(3,24)25)15-7-9-18-19(12-15)28-13-27-18/h6-9,11-12H,4-5,10,13H2,1-3H3,(H,21,23). The predicted molar refractivity (Wildman–Crippen MR) is 110 cm³/mol. The van der Waals surface area contributed by atoms with Crippen LogP contribution in [0.1, 0.15) is 18.4 Å². The number of anilines is 2. The zero-order valence-electron chi connectivity index (χ0n) is 16.6. The molecule has 1 aliphatic rings. The van der Waals surface area contributed by atoms with Crippen LogP contribution < -0.4 is 23.8 Å². The van der Waals surface area contributed by atoms with Gasteiger partial charge in [0.2, 0.25) is 22.7 Å². The minimum Gasteiger partial charge on any atom is -0.495 e. The molecule has 9 heteroatoms. The van der Waals surface area contributed by atoms with Gasteiger partial charge in [-0.25, -0.2) is 8.42 Å². The zero-order chi connectivity index (χ0) is 21.0. The van der Waals surface area contributed by atoms with Gasteiger partial charge in [-0.2, -0.15) is 0 Å². The lowest BCUT2D eigenvalue weighted by molar-refractivity contribution is -0.116. The summed E-state index contributed by atoms with van der Waals surface area (Å²) in [6.07, 6.45) is 1.64. The molecule has 1 amide bonds. The number of aryl methyl sites for hydroxylation is 1. The molecule has 1 aliphatic heterocycles. The Hall–Kier alpha value is -2.94. The van der Waals surface area contributed by atoms with Crippen molar-refractivity contribution >= 4 is 27.3 Å². The summed E-state index contributed by atoms with van der Waals surface area (Å²) >= 11 is 0. The van der Waals surface area contributed by atoms with Crippen LogP contribution in [0.25, 0.3) is 0 Å². The number of carbonyl (C=O) groups is 1. The first-order valence-corrected chi connectivity index (χ1v) is 10.9. The fraction of sp³-hybridized carbons (Fsp3) is 0.350. The molecule has 0 aliphatic carbocycles. The lowest BCUT2D eigenvalue weighted by Crippen LogP contribution is -2.31. The van der Waals surface area contributed by atoms with Crippen molar-refractivity contribution in [3.8, 4) is 17.2 Å². The van der Waals surface area contributed by atoms with Gasteiger partial charge < -0.3 is 19.5 Å². The maximum Gasteiger partial charge on any atom is 0.232 e. The number of sulfonamides is 1. The van der Waals surface area contributed by atoms with Crippen molar-refractivity contribution in [2.75, 3.05) is 36.3 Å². The van der Waals surface area contributed by atoms with Gasteiger partial charge in [0.25, 0.3) is 0 Å². The smallest absolute Gasteiger partial charge is 0.232 e. The fourth-order valence-electron chi connectivity index (χ4n) is 3.04. The molecule has 0 unspecified atom stereocenters. The normalized spacial score (nSPS) is 12.5. The predicted octanol–water partition coefficient (Wildman–Crippen LogP) is 2.92. The minimum absolute atomic E-state index is 0.111. The van der Waals surface area contributed by atoms with E-state index >= 15 is 0 Å². The summed E-state index contributed by atoms with van der Waals surface area (Å²) < 4.78 is 41.6. The highest BCUT2D eigenvalue weighted by Gasteiger charge is 2.21. The van der Waals surface area contributed by atoms with Crippen LogP contribution in [0.4, 0.5) is 11.4 Å². The average molecular weight is 420 g/mol. The zero-order valence-corrected chi connectivity index (χ0v) is 17.4. The van der Waals surface area contributed by atoms with Crippen LogP contribution in [-0.4, -0.2) is 41.0 Å². The molecule has 0 radical (unpaired) electrons. The summed E-state index contributed by atoms with van der Waals surface area (Å²) in [5.74, 6) is 1.43. The van der Waals surface area contributed by atoms with Crippen molar-refractivity contribution in [3.63, 3.8) is 0 Å². The molecule has 0 spiro atoms. The van der Waals surface area contributed by atoms with Gasteiger partial charge in [-0.3, -0.25) is 9.10 Å². The molecule has 8 nitrogen and oxygen atoms in total. The molecule has 0 atom stereocenters. The van der Waals surface area contributed by atoms with Gasteiger partial charge in [0.1, 0.15) is 5.75 Å². The first-order valence-electron chi connectivity index (χ1n) is 9.10. The molecular formula is C20H24N2O6S.